The monoisotopic (exact) mass is 490 g/mol. The minimum absolute atomic E-state index is 0.244. The van der Waals surface area contributed by atoms with E-state index in [9.17, 15) is 4.79 Å². The predicted octanol–water partition coefficient (Wildman–Crippen LogP) is 7.01. The van der Waals surface area contributed by atoms with Crippen molar-refractivity contribution in [3.8, 4) is 16.9 Å². The van der Waals surface area contributed by atoms with Crippen LogP contribution in [0.4, 0.5) is 5.82 Å². The van der Waals surface area contributed by atoms with Crippen molar-refractivity contribution in [2.75, 3.05) is 11.9 Å². The lowest BCUT2D eigenvalue weighted by Gasteiger charge is -2.12. The first-order valence-corrected chi connectivity index (χ1v) is 11.1. The van der Waals surface area contributed by atoms with Crippen molar-refractivity contribution in [1.82, 2.24) is 4.98 Å². The Morgan fingerprint density at radius 1 is 1.22 bits per heavy atom. The molecule has 0 saturated heterocycles. The van der Waals surface area contributed by atoms with Crippen LogP contribution in [-0.4, -0.2) is 17.5 Å². The summed E-state index contributed by atoms with van der Waals surface area (Å²) in [5, 5.41) is 3.80. The molecule has 0 unspecified atom stereocenters. The second-order valence-electron chi connectivity index (χ2n) is 7.42. The fourth-order valence-corrected chi connectivity index (χ4v) is 3.96. The van der Waals surface area contributed by atoms with Crippen molar-refractivity contribution in [3.05, 3.63) is 82.7 Å². The zero-order valence-corrected chi connectivity index (χ0v) is 19.7. The van der Waals surface area contributed by atoms with E-state index in [1.165, 1.54) is 0 Å². The van der Waals surface area contributed by atoms with Crippen LogP contribution >= 0.6 is 15.9 Å². The molecule has 1 amide bonds. The molecule has 32 heavy (non-hydrogen) atoms. The highest BCUT2D eigenvalue weighted by Gasteiger charge is 2.16. The third-order valence-electron chi connectivity index (χ3n) is 5.13. The molecule has 0 aliphatic rings. The number of hydrogen-bond donors (Lipinski definition) is 1. The number of carbonyl (C=O) groups is 1. The number of allylic oxidation sites excluding steroid dienone is 1. The van der Waals surface area contributed by atoms with Gasteiger partial charge in [-0.3, -0.25) is 4.79 Å². The maximum Gasteiger partial charge on any atom is 0.249 e. The smallest absolute Gasteiger partial charge is 0.249 e. The largest absolute Gasteiger partial charge is 0.493 e. The maximum absolute atomic E-state index is 12.7. The molecule has 5 nitrogen and oxygen atoms in total. The highest BCUT2D eigenvalue weighted by atomic mass is 79.9. The number of anilines is 1. The van der Waals surface area contributed by atoms with E-state index in [-0.39, 0.29) is 5.91 Å². The first-order valence-electron chi connectivity index (χ1n) is 10.3. The third-order valence-corrected chi connectivity index (χ3v) is 5.63. The number of amides is 1. The SMILES string of the molecule is CCOc1cc2occ(-c3cccc(Br)c3)c2cc1/C(C)=C/C(=O)Nc1ncccc1C. The van der Waals surface area contributed by atoms with Crippen LogP contribution in [0.5, 0.6) is 5.75 Å². The van der Waals surface area contributed by atoms with Crippen LogP contribution < -0.4 is 10.1 Å². The van der Waals surface area contributed by atoms with E-state index in [0.717, 1.165) is 43.3 Å². The molecule has 0 radical (unpaired) electrons. The van der Waals surface area contributed by atoms with E-state index in [1.807, 2.05) is 69.3 Å². The number of aromatic nitrogens is 1. The van der Waals surface area contributed by atoms with Gasteiger partial charge in [0, 0.05) is 39.3 Å². The molecule has 2 heterocycles. The van der Waals surface area contributed by atoms with Crippen molar-refractivity contribution in [1.29, 1.82) is 0 Å². The Morgan fingerprint density at radius 2 is 2.06 bits per heavy atom. The average Bonchev–Trinajstić information content (AvgIpc) is 3.18. The van der Waals surface area contributed by atoms with Gasteiger partial charge in [0.1, 0.15) is 17.2 Å². The fourth-order valence-electron chi connectivity index (χ4n) is 3.56. The number of furan rings is 1. The van der Waals surface area contributed by atoms with Gasteiger partial charge in [0.2, 0.25) is 5.91 Å². The molecule has 4 rings (SSSR count). The van der Waals surface area contributed by atoms with Crippen LogP contribution in [0.1, 0.15) is 25.0 Å². The molecular formula is C26H23BrN2O3. The van der Waals surface area contributed by atoms with Gasteiger partial charge in [0.25, 0.3) is 0 Å². The molecule has 0 bridgehead atoms. The Labute approximate surface area is 195 Å². The van der Waals surface area contributed by atoms with Crippen LogP contribution in [-0.2, 0) is 4.79 Å². The Balaban J connectivity index is 1.74. The summed E-state index contributed by atoms with van der Waals surface area (Å²) >= 11 is 3.53. The lowest BCUT2D eigenvalue weighted by Crippen LogP contribution is -2.11. The van der Waals surface area contributed by atoms with E-state index in [1.54, 1.807) is 18.5 Å². The van der Waals surface area contributed by atoms with E-state index in [4.69, 9.17) is 9.15 Å². The first-order chi connectivity index (χ1) is 15.5. The van der Waals surface area contributed by atoms with Crippen LogP contribution in [0, 0.1) is 6.92 Å². The molecule has 0 spiro atoms. The zero-order valence-electron chi connectivity index (χ0n) is 18.1. The second kappa shape index (κ2) is 9.40. The average molecular weight is 491 g/mol. The van der Waals surface area contributed by atoms with Crippen molar-refractivity contribution in [2.45, 2.75) is 20.8 Å². The molecule has 0 fully saturated rings. The molecule has 6 heteroatoms. The Hall–Kier alpha value is -3.38. The maximum atomic E-state index is 12.7. The molecule has 0 saturated carbocycles. The Bertz CT molecular complexity index is 1320. The summed E-state index contributed by atoms with van der Waals surface area (Å²) in [7, 11) is 0. The minimum atomic E-state index is -0.244. The number of fused-ring (bicyclic) bond motifs is 1. The standard InChI is InChI=1S/C26H23BrN2O3/c1-4-31-23-14-24-21(22(15-32-24)18-8-5-9-19(27)12-18)13-20(23)17(3)11-25(30)29-26-16(2)7-6-10-28-26/h5-15H,4H2,1-3H3,(H,28,29,30)/b17-11+. The fraction of sp³-hybridized carbons (Fsp3) is 0.154. The molecule has 0 aliphatic heterocycles. The van der Waals surface area contributed by atoms with Crippen LogP contribution in [0.25, 0.3) is 27.7 Å². The van der Waals surface area contributed by atoms with Gasteiger partial charge in [0.05, 0.1) is 12.9 Å². The Morgan fingerprint density at radius 3 is 2.81 bits per heavy atom. The molecule has 162 valence electrons. The highest BCUT2D eigenvalue weighted by molar-refractivity contribution is 9.10. The molecule has 2 aromatic heterocycles. The van der Waals surface area contributed by atoms with E-state index in [0.29, 0.717) is 18.2 Å². The number of halogens is 1. The molecule has 2 aromatic carbocycles. The summed E-state index contributed by atoms with van der Waals surface area (Å²) in [5.74, 6) is 0.978. The number of rotatable bonds is 6. The number of benzene rings is 2. The number of hydrogen-bond acceptors (Lipinski definition) is 4. The number of carbonyl (C=O) groups excluding carboxylic acids is 1. The normalized spacial score (nSPS) is 11.6. The molecular weight excluding hydrogens is 468 g/mol. The van der Waals surface area contributed by atoms with E-state index in [2.05, 4.69) is 26.2 Å². The van der Waals surface area contributed by atoms with Gasteiger partial charge in [-0.2, -0.15) is 0 Å². The lowest BCUT2D eigenvalue weighted by atomic mass is 9.99. The summed E-state index contributed by atoms with van der Waals surface area (Å²) in [6.07, 6.45) is 4.97. The van der Waals surface area contributed by atoms with Crippen LogP contribution in [0.3, 0.4) is 0 Å². The van der Waals surface area contributed by atoms with E-state index < -0.39 is 0 Å². The topological polar surface area (TPSA) is 64.4 Å². The van der Waals surface area contributed by atoms with Gasteiger partial charge >= 0.3 is 0 Å². The van der Waals surface area contributed by atoms with Crippen LogP contribution in [0.2, 0.25) is 0 Å². The van der Waals surface area contributed by atoms with Gasteiger partial charge < -0.3 is 14.5 Å². The quantitative estimate of drug-likeness (QED) is 0.295. The summed E-state index contributed by atoms with van der Waals surface area (Å²) in [4.78, 5) is 16.9. The summed E-state index contributed by atoms with van der Waals surface area (Å²) in [5.41, 5.74) is 5.27. The summed E-state index contributed by atoms with van der Waals surface area (Å²) < 4.78 is 12.7. The minimum Gasteiger partial charge on any atom is -0.493 e. The molecule has 1 N–H and O–H groups in total. The summed E-state index contributed by atoms with van der Waals surface area (Å²) in [6, 6.07) is 15.7. The van der Waals surface area contributed by atoms with Gasteiger partial charge in [0.15, 0.2) is 0 Å². The Kier molecular flexibility index (Phi) is 6.42. The molecule has 4 aromatic rings. The number of nitrogens with zero attached hydrogens (tertiary/aromatic N) is 1. The summed E-state index contributed by atoms with van der Waals surface area (Å²) in [6.45, 7) is 6.24. The molecule has 0 atom stereocenters. The van der Waals surface area contributed by atoms with Crippen molar-refractivity contribution >= 4 is 44.2 Å². The number of ether oxygens (including phenoxy) is 1. The van der Waals surface area contributed by atoms with Gasteiger partial charge in [-0.25, -0.2) is 4.98 Å². The predicted molar refractivity (Wildman–Crippen MR) is 132 cm³/mol. The second-order valence-corrected chi connectivity index (χ2v) is 8.34. The van der Waals surface area contributed by atoms with Crippen LogP contribution in [0.15, 0.2) is 76.0 Å². The number of nitrogens with one attached hydrogen (secondary N) is 1. The van der Waals surface area contributed by atoms with Crippen molar-refractivity contribution in [2.24, 2.45) is 0 Å². The number of pyridine rings is 1. The first kappa shape index (κ1) is 21.8. The zero-order chi connectivity index (χ0) is 22.7. The third kappa shape index (κ3) is 4.60. The van der Waals surface area contributed by atoms with Gasteiger partial charge in [-0.05, 0) is 61.7 Å². The van der Waals surface area contributed by atoms with Gasteiger partial charge in [-0.1, -0.05) is 34.1 Å². The molecule has 0 aliphatic carbocycles. The number of aryl methyl sites for hydroxylation is 1. The van der Waals surface area contributed by atoms with E-state index >= 15 is 0 Å². The lowest BCUT2D eigenvalue weighted by molar-refractivity contribution is -0.111. The highest BCUT2D eigenvalue weighted by Crippen LogP contribution is 2.38. The van der Waals surface area contributed by atoms with Crippen molar-refractivity contribution in [3.63, 3.8) is 0 Å². The van der Waals surface area contributed by atoms with Crippen molar-refractivity contribution < 1.29 is 13.9 Å². The van der Waals surface area contributed by atoms with Gasteiger partial charge in [-0.15, -0.1) is 0 Å².